The van der Waals surface area contributed by atoms with Gasteiger partial charge in [-0.05, 0) is 0 Å². The first-order valence-corrected chi connectivity index (χ1v) is 7.63. The van der Waals surface area contributed by atoms with E-state index in [1.165, 1.54) is 0 Å². The van der Waals surface area contributed by atoms with Crippen molar-refractivity contribution in [2.45, 2.75) is 0 Å². The summed E-state index contributed by atoms with van der Waals surface area (Å²) in [6, 6.07) is 0. The molecule has 12 nitrogen and oxygen atoms in total. The van der Waals surface area contributed by atoms with Gasteiger partial charge in [-0.1, -0.05) is 0 Å². The molecule has 96 valence electrons. The van der Waals surface area contributed by atoms with Crippen molar-refractivity contribution in [2.24, 2.45) is 0 Å². The van der Waals surface area contributed by atoms with Crippen LogP contribution in [0.3, 0.4) is 0 Å². The van der Waals surface area contributed by atoms with Crippen molar-refractivity contribution in [2.75, 3.05) is 0 Å². The smallest absolute Gasteiger partial charge is 3.00 e. The summed E-state index contributed by atoms with van der Waals surface area (Å²) in [4.78, 5) is 0. The van der Waals surface area contributed by atoms with Gasteiger partial charge in [-0.25, -0.2) is 0 Å². The third-order valence-electron chi connectivity index (χ3n) is 0. The van der Waals surface area contributed by atoms with E-state index in [2.05, 4.69) is 0 Å². The zero-order valence-corrected chi connectivity index (χ0v) is 13.0. The fourth-order valence-electron chi connectivity index (χ4n) is 0. The van der Waals surface area contributed by atoms with Gasteiger partial charge in [0.15, 0.2) is 0 Å². The molecule has 0 unspecified atom stereocenters. The maximum Gasteiger partial charge on any atom is 3.00 e. The molecular formula is Mn3O12Y. The molecule has 0 bridgehead atoms. The maximum atomic E-state index is 8.58. The molecule has 0 radical (unpaired) electrons. The molecule has 0 aliphatic rings. The largest absolute Gasteiger partial charge is 3.00 e. The molecule has 0 N–H and O–H groups in total. The van der Waals surface area contributed by atoms with Crippen LogP contribution in [0.2, 0.25) is 0 Å². The Hall–Kier alpha value is 0.742. The fourth-order valence-corrected chi connectivity index (χ4v) is 0. The fraction of sp³-hybridized carbons (Fsp3) is 0. The van der Waals surface area contributed by atoms with Crippen molar-refractivity contribution in [1.29, 1.82) is 0 Å². The summed E-state index contributed by atoms with van der Waals surface area (Å²) in [6.45, 7) is 0. The summed E-state index contributed by atoms with van der Waals surface area (Å²) >= 11 is -16.9. The average Bonchev–Trinajstić information content (AvgIpc) is 1.41. The van der Waals surface area contributed by atoms with E-state index in [1.54, 1.807) is 0 Å². The minimum Gasteiger partial charge on any atom is 3.00 e. The van der Waals surface area contributed by atoms with E-state index in [0.29, 0.717) is 0 Å². The van der Waals surface area contributed by atoms with Crippen LogP contribution < -0.4 is 12.6 Å². The molecule has 0 atom stereocenters. The molecule has 0 aromatic heterocycles. The monoisotopic (exact) mass is 446 g/mol. The Bertz CT molecular complexity index is 480. The molecule has 0 aliphatic heterocycles. The van der Waals surface area contributed by atoms with E-state index in [9.17, 15) is 0 Å². The summed E-state index contributed by atoms with van der Waals surface area (Å²) in [6.07, 6.45) is 0. The summed E-state index contributed by atoms with van der Waals surface area (Å²) in [5, 5.41) is 0. The van der Waals surface area contributed by atoms with Crippen LogP contribution in [0.25, 0.3) is 0 Å². The Kier molecular flexibility index (Phi) is 15.6. The van der Waals surface area contributed by atoms with Crippen LogP contribution in [0.1, 0.15) is 0 Å². The van der Waals surface area contributed by atoms with Crippen molar-refractivity contribution in [3.8, 4) is 0 Å². The zero-order chi connectivity index (χ0) is 13.5. The van der Waals surface area contributed by atoms with Crippen molar-refractivity contribution in [3.63, 3.8) is 0 Å². The predicted molar refractivity (Wildman–Crippen MR) is 6.18 cm³/mol. The molecule has 0 amide bonds. The second-order valence-corrected chi connectivity index (χ2v) is 4.68. The summed E-state index contributed by atoms with van der Waals surface area (Å²) in [5.41, 5.74) is 0. The minimum atomic E-state index is -5.62. The van der Waals surface area contributed by atoms with Gasteiger partial charge >= 0.3 is 119 Å². The molecule has 16 heavy (non-hydrogen) atoms. The average molecular weight is 446 g/mol. The van der Waals surface area contributed by atoms with Crippen LogP contribution in [0.15, 0.2) is 0 Å². The van der Waals surface area contributed by atoms with Gasteiger partial charge in [0.1, 0.15) is 0 Å². The molecule has 0 aromatic carbocycles. The Morgan fingerprint density at radius 3 is 0.438 bits per heavy atom. The normalized spacial score (nSPS) is 10.7. The number of rotatable bonds is 0. The Balaban J connectivity index is -0.0000000655. The predicted octanol–water partition coefficient (Wildman–Crippen LogP) is -4.65. The van der Waals surface area contributed by atoms with E-state index < -0.39 is 38.9 Å². The Morgan fingerprint density at radius 2 is 0.438 bits per heavy atom. The molecule has 0 aromatic rings. The van der Waals surface area contributed by atoms with Crippen LogP contribution >= 0.6 is 0 Å². The first-order chi connectivity index (χ1) is 6.00. The van der Waals surface area contributed by atoms with Gasteiger partial charge < -0.3 is 0 Å². The van der Waals surface area contributed by atoms with Gasteiger partial charge in [0, 0.05) is 0 Å². The molecule has 0 aliphatic carbocycles. The molecule has 16 heteroatoms. The van der Waals surface area contributed by atoms with E-state index in [1.807, 2.05) is 0 Å². The van der Waals surface area contributed by atoms with Crippen molar-refractivity contribution < 1.29 is 119 Å². The zero-order valence-electron chi connectivity index (χ0n) is 6.61. The molecule has 0 fully saturated rings. The van der Waals surface area contributed by atoms with Crippen LogP contribution in [0.5, 0.6) is 0 Å². The second-order valence-electron chi connectivity index (χ2n) is 1.13. The SMILES string of the molecule is [O]=[Mn](=[O])(=[O])[O-].[O]=[Mn](=[O])(=[O])[O-].[O]=[Mn](=[O])(=[O])[O-].[Y+3]. The van der Waals surface area contributed by atoms with Gasteiger partial charge in [0.25, 0.3) is 0 Å². The summed E-state index contributed by atoms with van der Waals surface area (Å²) < 4.78 is 103. The Labute approximate surface area is 117 Å². The van der Waals surface area contributed by atoms with E-state index in [4.69, 9.17) is 47.1 Å². The molecule has 0 heterocycles. The van der Waals surface area contributed by atoms with Gasteiger partial charge in [-0.3, -0.25) is 0 Å². The summed E-state index contributed by atoms with van der Waals surface area (Å²) in [5.74, 6) is 0. The molecule has 0 saturated carbocycles. The molecular weight excluding hydrogens is 446 g/mol. The molecule has 0 rings (SSSR count). The van der Waals surface area contributed by atoms with Gasteiger partial charge in [0.2, 0.25) is 0 Å². The Morgan fingerprint density at radius 1 is 0.438 bits per heavy atom. The number of hydrogen-bond donors (Lipinski definition) is 0. The second kappa shape index (κ2) is 9.74. The molecule has 0 saturated heterocycles. The first-order valence-electron chi connectivity index (χ1n) is 1.85. The molecule has 0 spiro atoms. The van der Waals surface area contributed by atoms with Crippen molar-refractivity contribution in [3.05, 3.63) is 0 Å². The first kappa shape index (κ1) is 25.6. The van der Waals surface area contributed by atoms with Gasteiger partial charge in [-0.2, -0.15) is 0 Å². The minimum absolute atomic E-state index is 0. The van der Waals surface area contributed by atoms with Gasteiger partial charge in [-0.15, -0.1) is 0 Å². The van der Waals surface area contributed by atoms with E-state index in [-0.39, 0.29) is 32.7 Å². The van der Waals surface area contributed by atoms with Crippen LogP contribution in [-0.4, -0.2) is 0 Å². The van der Waals surface area contributed by atoms with Crippen LogP contribution in [-0.2, 0) is 106 Å². The number of hydrogen-bond acceptors (Lipinski definition) is 12. The standard InChI is InChI=1S/3Mn.12O.Y/q;;;;;;;;;;;;3*-1;+3. The topological polar surface area (TPSA) is 223 Å². The third kappa shape index (κ3) is 5050. The van der Waals surface area contributed by atoms with E-state index >= 15 is 0 Å². The van der Waals surface area contributed by atoms with Gasteiger partial charge in [0.05, 0.1) is 0 Å². The van der Waals surface area contributed by atoms with Crippen LogP contribution in [0.4, 0.5) is 0 Å². The third-order valence-corrected chi connectivity index (χ3v) is 0. The van der Waals surface area contributed by atoms with Crippen molar-refractivity contribution in [1.82, 2.24) is 0 Å². The van der Waals surface area contributed by atoms with Crippen LogP contribution in [0, 0.1) is 0 Å². The van der Waals surface area contributed by atoms with Crippen molar-refractivity contribution >= 4 is 0 Å². The quantitative estimate of drug-likeness (QED) is 0.321. The summed E-state index contributed by atoms with van der Waals surface area (Å²) in [7, 11) is 0. The van der Waals surface area contributed by atoms with E-state index in [0.717, 1.165) is 0 Å². The maximum absolute atomic E-state index is 8.58.